The van der Waals surface area contributed by atoms with E-state index in [9.17, 15) is 4.79 Å². The Labute approximate surface area is 159 Å². The van der Waals surface area contributed by atoms with Gasteiger partial charge in [-0.25, -0.2) is 0 Å². The highest BCUT2D eigenvalue weighted by molar-refractivity contribution is 5.85. The van der Waals surface area contributed by atoms with E-state index in [0.717, 1.165) is 58.8 Å². The van der Waals surface area contributed by atoms with Crippen molar-refractivity contribution in [1.29, 1.82) is 0 Å². The van der Waals surface area contributed by atoms with E-state index in [1.54, 1.807) is 0 Å². The van der Waals surface area contributed by atoms with Crippen LogP contribution in [-0.2, 0) is 9.53 Å². The van der Waals surface area contributed by atoms with Gasteiger partial charge < -0.3 is 15.4 Å². The number of carbonyl (C=O) groups excluding carboxylic acids is 1. The number of carbonyl (C=O) groups is 1. The number of hydrogen-bond acceptors (Lipinski definition) is 4. The van der Waals surface area contributed by atoms with E-state index >= 15 is 0 Å². The number of rotatable bonds is 4. The third kappa shape index (κ3) is 7.44. The largest absolute Gasteiger partial charge is 0.381 e. The van der Waals surface area contributed by atoms with Gasteiger partial charge in [-0.05, 0) is 37.1 Å². The van der Waals surface area contributed by atoms with Crippen molar-refractivity contribution < 1.29 is 9.53 Å². The first kappa shape index (κ1) is 23.9. The van der Waals surface area contributed by atoms with Crippen LogP contribution in [0, 0.1) is 11.3 Å². The van der Waals surface area contributed by atoms with Gasteiger partial charge >= 0.3 is 0 Å². The Morgan fingerprint density at radius 3 is 2.17 bits per heavy atom. The van der Waals surface area contributed by atoms with Crippen LogP contribution in [0.3, 0.4) is 0 Å². The lowest BCUT2D eigenvalue weighted by Gasteiger charge is -2.38. The average molecular weight is 384 g/mol. The molecule has 7 heteroatoms. The van der Waals surface area contributed by atoms with Gasteiger partial charge in [-0.1, -0.05) is 20.8 Å². The first-order valence-electron chi connectivity index (χ1n) is 8.71. The second kappa shape index (κ2) is 10.8. The zero-order chi connectivity index (χ0) is 16.2. The van der Waals surface area contributed by atoms with E-state index in [-0.39, 0.29) is 36.8 Å². The zero-order valence-electron chi connectivity index (χ0n) is 15.3. The van der Waals surface area contributed by atoms with E-state index in [1.807, 2.05) is 4.90 Å². The van der Waals surface area contributed by atoms with Crippen molar-refractivity contribution in [3.8, 4) is 0 Å². The van der Waals surface area contributed by atoms with Crippen LogP contribution in [0.1, 0.15) is 40.0 Å². The predicted octanol–water partition coefficient (Wildman–Crippen LogP) is 2.16. The third-order valence-electron chi connectivity index (χ3n) is 4.92. The third-order valence-corrected chi connectivity index (χ3v) is 4.92. The van der Waals surface area contributed by atoms with Crippen LogP contribution in [0.5, 0.6) is 0 Å². The number of halogens is 2. The molecule has 0 bridgehead atoms. The Balaban J connectivity index is 0.00000264. The molecule has 1 atom stereocenters. The lowest BCUT2D eigenvalue weighted by molar-refractivity contribution is -0.136. The molecule has 0 aromatic heterocycles. The summed E-state index contributed by atoms with van der Waals surface area (Å²) in [5.74, 6) is 0.433. The molecule has 24 heavy (non-hydrogen) atoms. The van der Waals surface area contributed by atoms with Crippen molar-refractivity contribution in [2.75, 3.05) is 45.9 Å². The summed E-state index contributed by atoms with van der Waals surface area (Å²) >= 11 is 0. The molecule has 0 radical (unpaired) electrons. The van der Waals surface area contributed by atoms with Gasteiger partial charge in [0.25, 0.3) is 0 Å². The topological polar surface area (TPSA) is 58.8 Å². The molecule has 144 valence electrons. The normalized spacial score (nSPS) is 21.6. The number of amides is 1. The van der Waals surface area contributed by atoms with E-state index in [1.165, 1.54) is 6.42 Å². The molecular formula is C17H35Cl2N3O2. The second-order valence-corrected chi connectivity index (χ2v) is 7.95. The molecule has 0 spiro atoms. The SMILES string of the molecule is CC(C)(C)CCN1CCN(C(=O)C(N)C2CCOCC2)CC1.Cl.Cl. The van der Waals surface area contributed by atoms with Gasteiger partial charge in [-0.3, -0.25) is 9.69 Å². The molecule has 2 rings (SSSR count). The van der Waals surface area contributed by atoms with Gasteiger partial charge in [0.1, 0.15) is 0 Å². The molecule has 1 amide bonds. The minimum Gasteiger partial charge on any atom is -0.381 e. The highest BCUT2D eigenvalue weighted by Gasteiger charge is 2.31. The lowest BCUT2D eigenvalue weighted by Crippen LogP contribution is -2.55. The molecular weight excluding hydrogens is 349 g/mol. The Bertz CT molecular complexity index is 363. The fourth-order valence-electron chi connectivity index (χ4n) is 3.17. The maximum absolute atomic E-state index is 12.6. The smallest absolute Gasteiger partial charge is 0.239 e. The van der Waals surface area contributed by atoms with E-state index in [0.29, 0.717) is 11.3 Å². The van der Waals surface area contributed by atoms with Crippen LogP contribution in [0.25, 0.3) is 0 Å². The van der Waals surface area contributed by atoms with Crippen molar-refractivity contribution in [1.82, 2.24) is 9.80 Å². The molecule has 2 heterocycles. The molecule has 1 unspecified atom stereocenters. The fourth-order valence-corrected chi connectivity index (χ4v) is 3.17. The molecule has 0 saturated carbocycles. The van der Waals surface area contributed by atoms with Crippen LogP contribution < -0.4 is 5.73 Å². The molecule has 2 aliphatic heterocycles. The molecule has 2 saturated heterocycles. The Morgan fingerprint density at radius 1 is 1.12 bits per heavy atom. The lowest BCUT2D eigenvalue weighted by atomic mass is 9.91. The van der Waals surface area contributed by atoms with Gasteiger partial charge in [0.05, 0.1) is 6.04 Å². The van der Waals surface area contributed by atoms with Gasteiger partial charge in [0.2, 0.25) is 5.91 Å². The Kier molecular flexibility index (Phi) is 10.8. The van der Waals surface area contributed by atoms with Gasteiger partial charge in [-0.15, -0.1) is 24.8 Å². The van der Waals surface area contributed by atoms with Gasteiger partial charge in [0.15, 0.2) is 0 Å². The number of hydrogen-bond donors (Lipinski definition) is 1. The highest BCUT2D eigenvalue weighted by atomic mass is 35.5. The van der Waals surface area contributed by atoms with Crippen molar-refractivity contribution in [2.24, 2.45) is 17.1 Å². The molecule has 2 aliphatic rings. The molecule has 0 aromatic carbocycles. The predicted molar refractivity (Wildman–Crippen MR) is 103 cm³/mol. The molecule has 2 fully saturated rings. The van der Waals surface area contributed by atoms with Crippen LogP contribution in [0.4, 0.5) is 0 Å². The summed E-state index contributed by atoms with van der Waals surface area (Å²) in [6.45, 7) is 13.0. The van der Waals surface area contributed by atoms with Crippen LogP contribution in [0.15, 0.2) is 0 Å². The highest BCUT2D eigenvalue weighted by Crippen LogP contribution is 2.21. The second-order valence-electron chi connectivity index (χ2n) is 7.95. The number of ether oxygens (including phenoxy) is 1. The maximum atomic E-state index is 12.6. The minimum absolute atomic E-state index is 0. The van der Waals surface area contributed by atoms with Crippen molar-refractivity contribution in [3.63, 3.8) is 0 Å². The van der Waals surface area contributed by atoms with E-state index in [2.05, 4.69) is 25.7 Å². The maximum Gasteiger partial charge on any atom is 0.239 e. The Hall–Kier alpha value is -0.0700. The number of piperazine rings is 1. The van der Waals surface area contributed by atoms with Gasteiger partial charge in [-0.2, -0.15) is 0 Å². The summed E-state index contributed by atoms with van der Waals surface area (Å²) in [6, 6.07) is -0.343. The van der Waals surface area contributed by atoms with Crippen molar-refractivity contribution in [3.05, 3.63) is 0 Å². The monoisotopic (exact) mass is 383 g/mol. The van der Waals surface area contributed by atoms with Gasteiger partial charge in [0, 0.05) is 39.4 Å². The fraction of sp³-hybridized carbons (Fsp3) is 0.941. The quantitative estimate of drug-likeness (QED) is 0.807. The van der Waals surface area contributed by atoms with Crippen LogP contribution in [-0.4, -0.2) is 67.7 Å². The number of nitrogens with two attached hydrogens (primary N) is 1. The molecule has 5 nitrogen and oxygen atoms in total. The van der Waals surface area contributed by atoms with Crippen molar-refractivity contribution >= 4 is 30.7 Å². The van der Waals surface area contributed by atoms with Crippen LogP contribution in [0.2, 0.25) is 0 Å². The number of nitrogens with zero attached hydrogens (tertiary/aromatic N) is 2. The minimum atomic E-state index is -0.343. The zero-order valence-corrected chi connectivity index (χ0v) is 17.0. The summed E-state index contributed by atoms with van der Waals surface area (Å²) in [4.78, 5) is 17.0. The molecule has 0 aliphatic carbocycles. The first-order valence-corrected chi connectivity index (χ1v) is 8.71. The Morgan fingerprint density at radius 2 is 1.67 bits per heavy atom. The first-order chi connectivity index (χ1) is 10.4. The average Bonchev–Trinajstić information content (AvgIpc) is 2.52. The summed E-state index contributed by atoms with van der Waals surface area (Å²) in [5.41, 5.74) is 6.59. The van der Waals surface area contributed by atoms with E-state index in [4.69, 9.17) is 10.5 Å². The van der Waals surface area contributed by atoms with Crippen LogP contribution >= 0.6 is 24.8 Å². The van der Waals surface area contributed by atoms with Crippen molar-refractivity contribution in [2.45, 2.75) is 46.1 Å². The summed E-state index contributed by atoms with van der Waals surface area (Å²) in [7, 11) is 0. The summed E-state index contributed by atoms with van der Waals surface area (Å²) < 4.78 is 5.36. The summed E-state index contributed by atoms with van der Waals surface area (Å²) in [6.07, 6.45) is 3.03. The molecule has 0 aromatic rings. The molecule has 2 N–H and O–H groups in total. The van der Waals surface area contributed by atoms with E-state index < -0.39 is 0 Å². The standard InChI is InChI=1S/C17H33N3O2.2ClH/c1-17(2,3)6-7-19-8-10-20(11-9-19)16(21)15(18)14-4-12-22-13-5-14;;/h14-15H,4-13,18H2,1-3H3;2*1H. The summed E-state index contributed by atoms with van der Waals surface area (Å²) in [5, 5.41) is 0.